The molecule has 0 bridgehead atoms. The van der Waals surface area contributed by atoms with Crippen molar-refractivity contribution in [2.75, 3.05) is 40.0 Å². The molecule has 0 radical (unpaired) electrons. The number of nitrogens with one attached hydrogen (secondary N) is 2. The first-order valence-corrected chi connectivity index (χ1v) is 12.2. The Morgan fingerprint density at radius 1 is 1.14 bits per heavy atom. The molecule has 192 valence electrons. The van der Waals surface area contributed by atoms with Gasteiger partial charge in [-0.25, -0.2) is 0 Å². The molecule has 1 aromatic heterocycles. The van der Waals surface area contributed by atoms with Crippen LogP contribution in [0.3, 0.4) is 0 Å². The van der Waals surface area contributed by atoms with E-state index in [1.54, 1.807) is 20.0 Å². The van der Waals surface area contributed by atoms with Crippen LogP contribution < -0.4 is 10.1 Å². The zero-order chi connectivity index (χ0) is 25.8. The van der Waals surface area contributed by atoms with E-state index >= 15 is 0 Å². The SMILES string of the molecule is CCOC(=O)CCOc1ccc2[nH]cc(CCN(CCO)Cc3ccc(/C=C/C(=O)NC)cc3)c2c1. The molecule has 0 aliphatic rings. The van der Waals surface area contributed by atoms with Gasteiger partial charge in [0, 0.05) is 49.9 Å². The van der Waals surface area contributed by atoms with Gasteiger partial charge >= 0.3 is 5.97 Å². The van der Waals surface area contributed by atoms with Crippen LogP contribution in [-0.2, 0) is 27.3 Å². The number of aliphatic hydroxyl groups is 1. The van der Waals surface area contributed by atoms with Crippen LogP contribution in [0.25, 0.3) is 17.0 Å². The fourth-order valence-electron chi connectivity index (χ4n) is 3.88. The number of hydrogen-bond acceptors (Lipinski definition) is 6. The molecule has 36 heavy (non-hydrogen) atoms. The molecular formula is C28H35N3O5. The molecular weight excluding hydrogens is 458 g/mol. The van der Waals surface area contributed by atoms with E-state index in [1.807, 2.05) is 48.7 Å². The van der Waals surface area contributed by atoms with Crippen LogP contribution in [0.2, 0.25) is 0 Å². The maximum absolute atomic E-state index is 11.5. The second-order valence-corrected chi connectivity index (χ2v) is 8.36. The highest BCUT2D eigenvalue weighted by atomic mass is 16.5. The molecule has 3 rings (SSSR count). The van der Waals surface area contributed by atoms with Crippen molar-refractivity contribution in [1.29, 1.82) is 0 Å². The van der Waals surface area contributed by atoms with Crippen LogP contribution in [0.15, 0.2) is 54.7 Å². The van der Waals surface area contributed by atoms with E-state index in [1.165, 1.54) is 11.6 Å². The molecule has 3 aromatic rings. The summed E-state index contributed by atoms with van der Waals surface area (Å²) in [6.07, 6.45) is 6.31. The van der Waals surface area contributed by atoms with Crippen molar-refractivity contribution >= 4 is 28.9 Å². The lowest BCUT2D eigenvalue weighted by Gasteiger charge is -2.21. The molecule has 3 N–H and O–H groups in total. The molecule has 0 unspecified atom stereocenters. The molecule has 0 fully saturated rings. The summed E-state index contributed by atoms with van der Waals surface area (Å²) in [6.45, 7) is 4.57. The highest BCUT2D eigenvalue weighted by molar-refractivity contribution is 5.91. The Morgan fingerprint density at radius 3 is 2.67 bits per heavy atom. The maximum atomic E-state index is 11.5. The molecule has 0 aliphatic heterocycles. The topological polar surface area (TPSA) is 104 Å². The highest BCUT2D eigenvalue weighted by Crippen LogP contribution is 2.24. The van der Waals surface area contributed by atoms with Gasteiger partial charge in [-0.1, -0.05) is 24.3 Å². The zero-order valence-corrected chi connectivity index (χ0v) is 21.0. The second-order valence-electron chi connectivity index (χ2n) is 8.36. The molecule has 1 heterocycles. The van der Waals surface area contributed by atoms with E-state index in [2.05, 4.69) is 15.2 Å². The third-order valence-electron chi connectivity index (χ3n) is 5.79. The summed E-state index contributed by atoms with van der Waals surface area (Å²) in [5.74, 6) is 0.311. The minimum absolute atomic E-state index is 0.0826. The van der Waals surface area contributed by atoms with E-state index in [0.29, 0.717) is 25.4 Å². The number of esters is 1. The van der Waals surface area contributed by atoms with E-state index in [9.17, 15) is 14.7 Å². The van der Waals surface area contributed by atoms with Crippen molar-refractivity contribution in [3.63, 3.8) is 0 Å². The number of carbonyl (C=O) groups excluding carboxylic acids is 2. The smallest absolute Gasteiger partial charge is 0.309 e. The lowest BCUT2D eigenvalue weighted by Crippen LogP contribution is -2.28. The number of H-pyrrole nitrogens is 1. The molecule has 0 spiro atoms. The van der Waals surface area contributed by atoms with Crippen molar-refractivity contribution in [2.24, 2.45) is 0 Å². The Labute approximate surface area is 211 Å². The standard InChI is InChI=1S/C28H35N3O5/c1-3-35-28(34)13-17-36-24-9-10-26-25(18-24)23(19-30-26)12-14-31(15-16-32)20-22-6-4-21(5-7-22)8-11-27(33)29-2/h4-11,18-19,30,32H,3,12-17,20H2,1-2H3,(H,29,33)/b11-8+. The number of likely N-dealkylation sites (N-methyl/N-ethyl adjacent to an activating group) is 1. The van der Waals surface area contributed by atoms with Crippen LogP contribution in [0.1, 0.15) is 30.0 Å². The summed E-state index contributed by atoms with van der Waals surface area (Å²) < 4.78 is 10.7. The maximum Gasteiger partial charge on any atom is 0.309 e. The quantitative estimate of drug-likeness (QED) is 0.235. The number of fused-ring (bicyclic) bond motifs is 1. The molecule has 0 atom stereocenters. The number of nitrogens with zero attached hydrogens (tertiary/aromatic N) is 1. The lowest BCUT2D eigenvalue weighted by atomic mass is 10.1. The minimum atomic E-state index is -0.264. The number of aliphatic hydroxyl groups excluding tert-OH is 1. The van der Waals surface area contributed by atoms with Crippen LogP contribution >= 0.6 is 0 Å². The van der Waals surface area contributed by atoms with Crippen molar-refractivity contribution in [3.8, 4) is 5.75 Å². The number of aromatic nitrogens is 1. The van der Waals surface area contributed by atoms with Crippen LogP contribution in [0.4, 0.5) is 0 Å². The summed E-state index contributed by atoms with van der Waals surface area (Å²) in [6, 6.07) is 13.9. The zero-order valence-electron chi connectivity index (χ0n) is 21.0. The van der Waals surface area contributed by atoms with Crippen molar-refractivity contribution in [1.82, 2.24) is 15.2 Å². The van der Waals surface area contributed by atoms with Crippen molar-refractivity contribution in [2.45, 2.75) is 26.3 Å². The Morgan fingerprint density at radius 2 is 1.94 bits per heavy atom. The first kappa shape index (κ1) is 27.0. The summed E-state index contributed by atoms with van der Waals surface area (Å²) in [5.41, 5.74) is 4.28. The molecule has 1 amide bonds. The molecule has 0 saturated heterocycles. The number of rotatable bonds is 14. The number of amides is 1. The third-order valence-corrected chi connectivity index (χ3v) is 5.79. The number of benzene rings is 2. The molecule has 2 aromatic carbocycles. The third kappa shape index (κ3) is 8.25. The number of ether oxygens (including phenoxy) is 2. The van der Waals surface area contributed by atoms with Gasteiger partial charge in [-0.05, 0) is 54.3 Å². The second kappa shape index (κ2) is 14.1. The Balaban J connectivity index is 1.59. The van der Waals surface area contributed by atoms with Gasteiger partial charge < -0.3 is 24.9 Å². The van der Waals surface area contributed by atoms with Gasteiger partial charge in [0.05, 0.1) is 26.2 Å². The average Bonchev–Trinajstić information content (AvgIpc) is 3.29. The molecule has 8 nitrogen and oxygen atoms in total. The fraction of sp³-hybridized carbons (Fsp3) is 0.357. The van der Waals surface area contributed by atoms with Crippen LogP contribution in [0.5, 0.6) is 5.75 Å². The number of aromatic amines is 1. The predicted octanol–water partition coefficient (Wildman–Crippen LogP) is 3.30. The summed E-state index contributed by atoms with van der Waals surface area (Å²) in [5, 5.41) is 13.2. The Kier molecular flexibility index (Phi) is 10.5. The molecule has 0 saturated carbocycles. The summed E-state index contributed by atoms with van der Waals surface area (Å²) in [7, 11) is 1.60. The van der Waals surface area contributed by atoms with E-state index < -0.39 is 0 Å². The van der Waals surface area contributed by atoms with Crippen LogP contribution in [0, 0.1) is 0 Å². The normalized spacial score (nSPS) is 11.3. The molecule has 0 aliphatic carbocycles. The van der Waals surface area contributed by atoms with Crippen molar-refractivity contribution in [3.05, 3.63) is 71.4 Å². The average molecular weight is 494 g/mol. The predicted molar refractivity (Wildman–Crippen MR) is 141 cm³/mol. The highest BCUT2D eigenvalue weighted by Gasteiger charge is 2.11. The number of carbonyl (C=O) groups is 2. The molecule has 8 heteroatoms. The first-order valence-electron chi connectivity index (χ1n) is 12.2. The van der Waals surface area contributed by atoms with Gasteiger partial charge in [-0.15, -0.1) is 0 Å². The van der Waals surface area contributed by atoms with E-state index in [-0.39, 0.29) is 31.5 Å². The summed E-state index contributed by atoms with van der Waals surface area (Å²) in [4.78, 5) is 28.4. The van der Waals surface area contributed by atoms with E-state index in [4.69, 9.17) is 9.47 Å². The van der Waals surface area contributed by atoms with Gasteiger partial charge in [0.2, 0.25) is 5.91 Å². The minimum Gasteiger partial charge on any atom is -0.493 e. The van der Waals surface area contributed by atoms with E-state index in [0.717, 1.165) is 35.0 Å². The lowest BCUT2D eigenvalue weighted by molar-refractivity contribution is -0.143. The van der Waals surface area contributed by atoms with Gasteiger partial charge in [-0.3, -0.25) is 14.5 Å². The Hall–Kier alpha value is -3.62. The Bertz CT molecular complexity index is 1150. The van der Waals surface area contributed by atoms with Gasteiger partial charge in [-0.2, -0.15) is 0 Å². The van der Waals surface area contributed by atoms with Gasteiger partial charge in [0.1, 0.15) is 5.75 Å². The largest absolute Gasteiger partial charge is 0.493 e. The van der Waals surface area contributed by atoms with Crippen LogP contribution in [-0.4, -0.2) is 66.8 Å². The fourth-order valence-corrected chi connectivity index (χ4v) is 3.88. The monoisotopic (exact) mass is 493 g/mol. The van der Waals surface area contributed by atoms with Gasteiger partial charge in [0.15, 0.2) is 0 Å². The van der Waals surface area contributed by atoms with Gasteiger partial charge in [0.25, 0.3) is 0 Å². The number of hydrogen-bond donors (Lipinski definition) is 3. The van der Waals surface area contributed by atoms with Crippen molar-refractivity contribution < 1.29 is 24.2 Å². The first-order chi connectivity index (χ1) is 17.5. The summed E-state index contributed by atoms with van der Waals surface area (Å²) >= 11 is 0.